The summed E-state index contributed by atoms with van der Waals surface area (Å²) in [5.41, 5.74) is 0.922. The fraction of sp³-hybridized carbons (Fsp3) is 0.500. The lowest BCUT2D eigenvalue weighted by Gasteiger charge is -2.20. The first kappa shape index (κ1) is 16.0. The molecule has 0 aliphatic rings. The van der Waals surface area contributed by atoms with Crippen molar-refractivity contribution in [2.45, 2.75) is 39.3 Å². The van der Waals surface area contributed by atoms with E-state index in [-0.39, 0.29) is 11.9 Å². The van der Waals surface area contributed by atoms with Crippen LogP contribution in [-0.4, -0.2) is 32.6 Å². The van der Waals surface area contributed by atoms with Gasteiger partial charge >= 0.3 is 0 Å². The number of carbonyl (C=O) groups excluding carboxylic acids is 1. The first-order valence-electron chi connectivity index (χ1n) is 6.77. The van der Waals surface area contributed by atoms with Crippen molar-refractivity contribution in [3.8, 4) is 0 Å². The smallest absolute Gasteiger partial charge is 0.247 e. The standard InChI is InChI=1S/C14H19ClN4OS/c1-9(2)13-17-12(8-21-13)7-18(4)14(20)10(3)19-6-11(15)5-16-19/h5-6,8-10H,7H2,1-4H3/t10-/m1/s1. The van der Waals surface area contributed by atoms with Gasteiger partial charge in [0.2, 0.25) is 5.91 Å². The SMILES string of the molecule is CC(C)c1nc(CN(C)C(=O)[C@@H](C)n2cc(Cl)cn2)cs1. The van der Waals surface area contributed by atoms with Gasteiger partial charge in [-0.2, -0.15) is 5.10 Å². The molecule has 2 rings (SSSR count). The number of rotatable bonds is 5. The van der Waals surface area contributed by atoms with Crippen LogP contribution in [0.15, 0.2) is 17.8 Å². The van der Waals surface area contributed by atoms with Crippen molar-refractivity contribution in [3.05, 3.63) is 33.5 Å². The largest absolute Gasteiger partial charge is 0.338 e. The summed E-state index contributed by atoms with van der Waals surface area (Å²) in [6.07, 6.45) is 3.18. The van der Waals surface area contributed by atoms with E-state index in [0.29, 0.717) is 17.5 Å². The molecular formula is C14H19ClN4OS. The summed E-state index contributed by atoms with van der Waals surface area (Å²) in [6, 6.07) is -0.384. The predicted octanol–water partition coefficient (Wildman–Crippen LogP) is 3.34. The molecule has 0 aliphatic carbocycles. The summed E-state index contributed by atoms with van der Waals surface area (Å²) in [7, 11) is 1.78. The van der Waals surface area contributed by atoms with Gasteiger partial charge in [0.15, 0.2) is 0 Å². The van der Waals surface area contributed by atoms with E-state index in [4.69, 9.17) is 11.6 Å². The average Bonchev–Trinajstić information content (AvgIpc) is 3.06. The number of aromatic nitrogens is 3. The van der Waals surface area contributed by atoms with Crippen LogP contribution in [0.25, 0.3) is 0 Å². The summed E-state index contributed by atoms with van der Waals surface area (Å²) >= 11 is 7.47. The van der Waals surface area contributed by atoms with Crippen molar-refractivity contribution < 1.29 is 4.79 Å². The van der Waals surface area contributed by atoms with Crippen molar-refractivity contribution >= 4 is 28.8 Å². The Balaban J connectivity index is 2.01. The monoisotopic (exact) mass is 326 g/mol. The van der Waals surface area contributed by atoms with Gasteiger partial charge in [0, 0.05) is 24.5 Å². The maximum absolute atomic E-state index is 12.4. The Morgan fingerprint density at radius 2 is 2.19 bits per heavy atom. The number of thiazole rings is 1. The van der Waals surface area contributed by atoms with Gasteiger partial charge in [0.05, 0.1) is 28.5 Å². The molecule has 1 atom stereocenters. The first-order valence-corrected chi connectivity index (χ1v) is 8.03. The van der Waals surface area contributed by atoms with E-state index in [1.54, 1.807) is 34.2 Å². The molecule has 0 saturated carbocycles. The molecule has 0 saturated heterocycles. The molecule has 0 radical (unpaired) electrons. The molecule has 0 bridgehead atoms. The normalized spacial score (nSPS) is 12.7. The number of nitrogens with zero attached hydrogens (tertiary/aromatic N) is 4. The lowest BCUT2D eigenvalue weighted by Crippen LogP contribution is -2.33. The second-order valence-electron chi connectivity index (χ2n) is 5.34. The Labute approximate surface area is 133 Å². The molecule has 114 valence electrons. The maximum Gasteiger partial charge on any atom is 0.247 e. The fourth-order valence-electron chi connectivity index (χ4n) is 1.94. The molecule has 0 unspecified atom stereocenters. The fourth-order valence-corrected chi connectivity index (χ4v) is 2.91. The number of hydrogen-bond acceptors (Lipinski definition) is 4. The summed E-state index contributed by atoms with van der Waals surface area (Å²) < 4.78 is 1.57. The van der Waals surface area contributed by atoms with E-state index < -0.39 is 0 Å². The molecule has 7 heteroatoms. The average molecular weight is 327 g/mol. The third-order valence-corrected chi connectivity index (χ3v) is 4.55. The number of hydrogen-bond donors (Lipinski definition) is 0. The lowest BCUT2D eigenvalue weighted by molar-refractivity contribution is -0.133. The van der Waals surface area contributed by atoms with Crippen molar-refractivity contribution in [1.29, 1.82) is 0 Å². The number of amides is 1. The van der Waals surface area contributed by atoms with E-state index in [1.165, 1.54) is 6.20 Å². The number of halogens is 1. The predicted molar refractivity (Wildman–Crippen MR) is 84.6 cm³/mol. The third-order valence-electron chi connectivity index (χ3n) is 3.16. The van der Waals surface area contributed by atoms with Gasteiger partial charge in [0.1, 0.15) is 6.04 Å². The van der Waals surface area contributed by atoms with Crippen LogP contribution in [0.4, 0.5) is 0 Å². The lowest BCUT2D eigenvalue weighted by atomic mass is 10.2. The van der Waals surface area contributed by atoms with Crippen LogP contribution >= 0.6 is 22.9 Å². The van der Waals surface area contributed by atoms with Gasteiger partial charge in [-0.05, 0) is 6.92 Å². The molecule has 2 aromatic rings. The Hall–Kier alpha value is -1.40. The van der Waals surface area contributed by atoms with Crippen molar-refractivity contribution in [2.24, 2.45) is 0 Å². The highest BCUT2D eigenvalue weighted by Gasteiger charge is 2.21. The highest BCUT2D eigenvalue weighted by molar-refractivity contribution is 7.09. The number of carbonyl (C=O) groups is 1. The van der Waals surface area contributed by atoms with E-state index in [2.05, 4.69) is 23.9 Å². The molecule has 0 fully saturated rings. The summed E-state index contributed by atoms with van der Waals surface area (Å²) in [5, 5.41) is 7.71. The first-order chi connectivity index (χ1) is 9.88. The molecular weight excluding hydrogens is 308 g/mol. The zero-order valence-electron chi connectivity index (χ0n) is 12.6. The quantitative estimate of drug-likeness (QED) is 0.846. The van der Waals surface area contributed by atoms with Gasteiger partial charge in [-0.1, -0.05) is 25.4 Å². The molecule has 21 heavy (non-hydrogen) atoms. The van der Waals surface area contributed by atoms with Crippen LogP contribution < -0.4 is 0 Å². The van der Waals surface area contributed by atoms with Crippen LogP contribution in [0.3, 0.4) is 0 Å². The van der Waals surface area contributed by atoms with E-state index in [0.717, 1.165) is 10.7 Å². The van der Waals surface area contributed by atoms with Crippen molar-refractivity contribution in [3.63, 3.8) is 0 Å². The Morgan fingerprint density at radius 1 is 1.48 bits per heavy atom. The van der Waals surface area contributed by atoms with Gasteiger partial charge in [-0.3, -0.25) is 9.48 Å². The highest BCUT2D eigenvalue weighted by Crippen LogP contribution is 2.20. The zero-order chi connectivity index (χ0) is 15.6. The minimum Gasteiger partial charge on any atom is -0.338 e. The molecule has 5 nitrogen and oxygen atoms in total. The van der Waals surface area contributed by atoms with Crippen LogP contribution in [-0.2, 0) is 11.3 Å². The van der Waals surface area contributed by atoms with Crippen LogP contribution in [0.5, 0.6) is 0 Å². The van der Waals surface area contributed by atoms with Crippen molar-refractivity contribution in [2.75, 3.05) is 7.05 Å². The minimum atomic E-state index is -0.384. The maximum atomic E-state index is 12.4. The number of likely N-dealkylation sites (N-methyl/N-ethyl adjacent to an activating group) is 1. The second-order valence-corrected chi connectivity index (χ2v) is 6.67. The summed E-state index contributed by atoms with van der Waals surface area (Å²) in [5.74, 6) is 0.392. The van der Waals surface area contributed by atoms with Crippen LogP contribution in [0.2, 0.25) is 5.02 Å². The third kappa shape index (κ3) is 3.83. The van der Waals surface area contributed by atoms with Crippen molar-refractivity contribution in [1.82, 2.24) is 19.7 Å². The van der Waals surface area contributed by atoms with Crippen LogP contribution in [0, 0.1) is 0 Å². The van der Waals surface area contributed by atoms with E-state index in [1.807, 2.05) is 12.3 Å². The minimum absolute atomic E-state index is 0.0196. The summed E-state index contributed by atoms with van der Waals surface area (Å²) in [6.45, 7) is 6.53. The molecule has 2 heterocycles. The van der Waals surface area contributed by atoms with E-state index in [9.17, 15) is 4.79 Å². The Bertz CT molecular complexity index is 622. The molecule has 0 spiro atoms. The van der Waals surface area contributed by atoms with Gasteiger partial charge in [0.25, 0.3) is 0 Å². The van der Waals surface area contributed by atoms with Gasteiger partial charge in [-0.25, -0.2) is 4.98 Å². The zero-order valence-corrected chi connectivity index (χ0v) is 14.1. The molecule has 1 amide bonds. The van der Waals surface area contributed by atoms with Gasteiger partial charge in [-0.15, -0.1) is 11.3 Å². The molecule has 2 aromatic heterocycles. The van der Waals surface area contributed by atoms with E-state index >= 15 is 0 Å². The van der Waals surface area contributed by atoms with Crippen LogP contribution in [0.1, 0.15) is 43.4 Å². The van der Waals surface area contributed by atoms with Gasteiger partial charge < -0.3 is 4.90 Å². The second kappa shape index (κ2) is 6.58. The summed E-state index contributed by atoms with van der Waals surface area (Å²) in [4.78, 5) is 18.6. The Morgan fingerprint density at radius 3 is 2.71 bits per heavy atom. The molecule has 0 aliphatic heterocycles. The topological polar surface area (TPSA) is 51.0 Å². The molecule has 0 N–H and O–H groups in total. The molecule has 0 aromatic carbocycles. The Kier molecular flexibility index (Phi) is 5.00. The highest BCUT2D eigenvalue weighted by atomic mass is 35.5.